The summed E-state index contributed by atoms with van der Waals surface area (Å²) in [5.74, 6) is 2.03. The first kappa shape index (κ1) is 22.2. The van der Waals surface area contributed by atoms with Gasteiger partial charge in [-0.1, -0.05) is 5.11 Å². The number of rotatable bonds is 9. The first-order valence-electron chi connectivity index (χ1n) is 10.2. The van der Waals surface area contributed by atoms with Gasteiger partial charge in [-0.15, -0.1) is 11.3 Å². The number of thiophene rings is 1. The summed E-state index contributed by atoms with van der Waals surface area (Å²) in [7, 11) is 3.25. The number of nitrogens with zero attached hydrogens (tertiary/aromatic N) is 3. The summed E-state index contributed by atoms with van der Waals surface area (Å²) in [4.78, 5) is 17.2. The Morgan fingerprint density at radius 2 is 1.61 bits per heavy atom. The summed E-state index contributed by atoms with van der Waals surface area (Å²) in [6.07, 6.45) is 0. The van der Waals surface area contributed by atoms with Gasteiger partial charge in [0.2, 0.25) is 0 Å². The summed E-state index contributed by atoms with van der Waals surface area (Å²) < 4.78 is 17.2. The number of ether oxygens (including phenoxy) is 3. The number of carbonyl (C=O) groups excluding carboxylic acids is 1. The zero-order valence-electron chi connectivity index (χ0n) is 18.1. The fourth-order valence-corrected chi connectivity index (χ4v) is 4.70. The van der Waals surface area contributed by atoms with E-state index in [0.29, 0.717) is 16.9 Å². The second-order valence-electron chi connectivity index (χ2n) is 7.05. The second-order valence-corrected chi connectivity index (χ2v) is 8.11. The number of benzene rings is 3. The molecule has 0 saturated heterocycles. The Bertz CT molecular complexity index is 1320. The standard InChI is InChI=1S/C25H21N3O4S/c1-30-18-7-5-17(6-8-18)25-23(21-12-11-20(31-2)15-22(21)33-25)24(29)16-3-9-19(10-4-16)32-14-13-27-28-26/h3-12,15H,13-14H2,1-2H3. The normalized spacial score (nSPS) is 10.5. The molecule has 0 N–H and O–H groups in total. The molecule has 0 aliphatic carbocycles. The fourth-order valence-electron chi connectivity index (χ4n) is 3.47. The van der Waals surface area contributed by atoms with Crippen molar-refractivity contribution >= 4 is 27.2 Å². The van der Waals surface area contributed by atoms with E-state index in [4.69, 9.17) is 19.7 Å². The molecule has 0 aliphatic heterocycles. The molecular formula is C25H21N3O4S. The van der Waals surface area contributed by atoms with Gasteiger partial charge in [-0.05, 0) is 77.8 Å². The van der Waals surface area contributed by atoms with Crippen molar-refractivity contribution in [2.45, 2.75) is 0 Å². The van der Waals surface area contributed by atoms with E-state index < -0.39 is 0 Å². The van der Waals surface area contributed by atoms with Crippen LogP contribution in [0.2, 0.25) is 0 Å². The quantitative estimate of drug-likeness (QED) is 0.0938. The van der Waals surface area contributed by atoms with Gasteiger partial charge in [0.25, 0.3) is 0 Å². The van der Waals surface area contributed by atoms with Crippen molar-refractivity contribution in [2.24, 2.45) is 5.11 Å². The third-order valence-electron chi connectivity index (χ3n) is 5.12. The summed E-state index contributed by atoms with van der Waals surface area (Å²) in [5.41, 5.74) is 10.5. The molecule has 33 heavy (non-hydrogen) atoms. The van der Waals surface area contributed by atoms with Gasteiger partial charge in [-0.3, -0.25) is 4.79 Å². The molecule has 0 aliphatic rings. The average Bonchev–Trinajstić information content (AvgIpc) is 3.25. The van der Waals surface area contributed by atoms with Crippen molar-refractivity contribution in [2.75, 3.05) is 27.4 Å². The van der Waals surface area contributed by atoms with Crippen molar-refractivity contribution in [3.05, 3.63) is 88.3 Å². The zero-order chi connectivity index (χ0) is 23.2. The fraction of sp³-hybridized carbons (Fsp3) is 0.160. The van der Waals surface area contributed by atoms with Gasteiger partial charge in [-0.2, -0.15) is 0 Å². The lowest BCUT2D eigenvalue weighted by atomic mass is 9.97. The van der Waals surface area contributed by atoms with Gasteiger partial charge < -0.3 is 14.2 Å². The first-order chi connectivity index (χ1) is 16.1. The molecular weight excluding hydrogens is 438 g/mol. The maximum atomic E-state index is 13.7. The number of hydrogen-bond acceptors (Lipinski definition) is 6. The highest BCUT2D eigenvalue weighted by Gasteiger charge is 2.22. The Hall–Kier alpha value is -4.00. The molecule has 7 nitrogen and oxygen atoms in total. The minimum absolute atomic E-state index is 0.0714. The molecule has 0 bridgehead atoms. The van der Waals surface area contributed by atoms with Crippen LogP contribution in [-0.4, -0.2) is 33.2 Å². The molecule has 1 aromatic heterocycles. The summed E-state index contributed by atoms with van der Waals surface area (Å²) in [6.45, 7) is 0.517. The third kappa shape index (κ3) is 4.77. The van der Waals surface area contributed by atoms with E-state index in [1.807, 2.05) is 42.5 Å². The number of methoxy groups -OCH3 is 2. The first-order valence-corrected chi connectivity index (χ1v) is 11.0. The lowest BCUT2D eigenvalue weighted by Gasteiger charge is -2.08. The van der Waals surface area contributed by atoms with Gasteiger partial charge in [0, 0.05) is 31.0 Å². The van der Waals surface area contributed by atoms with Crippen LogP contribution in [0.5, 0.6) is 17.2 Å². The maximum Gasteiger partial charge on any atom is 0.195 e. The predicted molar refractivity (Wildman–Crippen MR) is 130 cm³/mol. The minimum Gasteiger partial charge on any atom is -0.497 e. The van der Waals surface area contributed by atoms with Gasteiger partial charge in [0.05, 0.1) is 27.4 Å². The summed E-state index contributed by atoms with van der Waals surface area (Å²) >= 11 is 1.56. The highest BCUT2D eigenvalue weighted by Crippen LogP contribution is 2.41. The van der Waals surface area contributed by atoms with Gasteiger partial charge in [0.15, 0.2) is 5.78 Å². The molecule has 0 fully saturated rings. The Morgan fingerprint density at radius 1 is 0.939 bits per heavy atom. The molecule has 0 radical (unpaired) electrons. The lowest BCUT2D eigenvalue weighted by molar-refractivity contribution is 0.104. The highest BCUT2D eigenvalue weighted by molar-refractivity contribution is 7.22. The van der Waals surface area contributed by atoms with Crippen molar-refractivity contribution in [1.29, 1.82) is 0 Å². The van der Waals surface area contributed by atoms with E-state index in [1.54, 1.807) is 49.8 Å². The van der Waals surface area contributed by atoms with Crippen LogP contribution in [0, 0.1) is 0 Å². The molecule has 4 aromatic rings. The van der Waals surface area contributed by atoms with Gasteiger partial charge in [0.1, 0.15) is 17.2 Å². The molecule has 166 valence electrons. The Balaban J connectivity index is 1.73. The van der Waals surface area contributed by atoms with E-state index in [2.05, 4.69) is 10.0 Å². The average molecular weight is 460 g/mol. The molecule has 0 spiro atoms. The Kier molecular flexibility index (Phi) is 6.78. The number of fused-ring (bicyclic) bond motifs is 1. The molecule has 3 aromatic carbocycles. The van der Waals surface area contributed by atoms with Crippen LogP contribution in [0.25, 0.3) is 31.0 Å². The van der Waals surface area contributed by atoms with Crippen LogP contribution >= 0.6 is 11.3 Å². The van der Waals surface area contributed by atoms with Crippen molar-refractivity contribution in [3.63, 3.8) is 0 Å². The molecule has 1 heterocycles. The maximum absolute atomic E-state index is 13.7. The van der Waals surface area contributed by atoms with Crippen LogP contribution in [-0.2, 0) is 0 Å². The van der Waals surface area contributed by atoms with Crippen LogP contribution in [0.1, 0.15) is 15.9 Å². The van der Waals surface area contributed by atoms with E-state index >= 15 is 0 Å². The van der Waals surface area contributed by atoms with E-state index in [-0.39, 0.29) is 18.9 Å². The Labute approximate surface area is 194 Å². The predicted octanol–water partition coefficient (Wildman–Crippen LogP) is 6.51. The summed E-state index contributed by atoms with van der Waals surface area (Å²) in [6, 6.07) is 20.4. The van der Waals surface area contributed by atoms with E-state index in [1.165, 1.54) is 0 Å². The number of carbonyl (C=O) groups is 1. The molecule has 0 saturated carbocycles. The molecule has 4 rings (SSSR count). The van der Waals surface area contributed by atoms with Gasteiger partial charge >= 0.3 is 0 Å². The molecule has 0 unspecified atom stereocenters. The molecule has 0 amide bonds. The summed E-state index contributed by atoms with van der Waals surface area (Å²) in [5, 5.41) is 4.32. The van der Waals surface area contributed by atoms with Crippen LogP contribution in [0.4, 0.5) is 0 Å². The molecule has 8 heteroatoms. The minimum atomic E-state index is -0.0714. The highest BCUT2D eigenvalue weighted by atomic mass is 32.1. The van der Waals surface area contributed by atoms with Crippen LogP contribution in [0.15, 0.2) is 71.8 Å². The van der Waals surface area contributed by atoms with E-state index in [0.717, 1.165) is 32.0 Å². The monoisotopic (exact) mass is 459 g/mol. The Morgan fingerprint density at radius 3 is 2.27 bits per heavy atom. The zero-order valence-corrected chi connectivity index (χ0v) is 19.0. The van der Waals surface area contributed by atoms with Crippen LogP contribution < -0.4 is 14.2 Å². The topological polar surface area (TPSA) is 93.5 Å². The van der Waals surface area contributed by atoms with Crippen molar-refractivity contribution in [1.82, 2.24) is 0 Å². The SMILES string of the molecule is COc1ccc(-c2sc3cc(OC)ccc3c2C(=O)c2ccc(OCCN=[N+]=[N-])cc2)cc1. The number of azide groups is 1. The largest absolute Gasteiger partial charge is 0.497 e. The smallest absolute Gasteiger partial charge is 0.195 e. The number of hydrogen-bond donors (Lipinski definition) is 0. The second kappa shape index (κ2) is 10.1. The van der Waals surface area contributed by atoms with Gasteiger partial charge in [-0.25, -0.2) is 0 Å². The van der Waals surface area contributed by atoms with Crippen molar-refractivity contribution in [3.8, 4) is 27.7 Å². The lowest BCUT2D eigenvalue weighted by Crippen LogP contribution is -2.03. The van der Waals surface area contributed by atoms with E-state index in [9.17, 15) is 4.79 Å². The third-order valence-corrected chi connectivity index (χ3v) is 6.32. The van der Waals surface area contributed by atoms with Crippen molar-refractivity contribution < 1.29 is 19.0 Å². The molecule has 0 atom stereocenters. The van der Waals surface area contributed by atoms with Crippen LogP contribution in [0.3, 0.4) is 0 Å². The number of ketones is 1.